The van der Waals surface area contributed by atoms with Gasteiger partial charge in [0.05, 0.1) is 0 Å². The minimum Gasteiger partial charge on any atom is -0.309 e. The molecule has 1 atom stereocenters. The lowest BCUT2D eigenvalue weighted by molar-refractivity contribution is 0.152. The number of piperazine rings is 1. The van der Waals surface area contributed by atoms with Crippen molar-refractivity contribution in [1.82, 2.24) is 15.1 Å². The zero-order chi connectivity index (χ0) is 14.5. The monoisotopic (exact) mass is 305 g/mol. The Morgan fingerprint density at radius 2 is 2.00 bits per heavy atom. The average molecular weight is 305 g/mol. The predicted molar refractivity (Wildman–Crippen MR) is 91.9 cm³/mol. The Morgan fingerprint density at radius 3 is 2.86 bits per heavy atom. The van der Waals surface area contributed by atoms with Gasteiger partial charge in [0.1, 0.15) is 0 Å². The van der Waals surface area contributed by atoms with Gasteiger partial charge in [-0.25, -0.2) is 0 Å². The molecule has 1 aromatic carbocycles. The summed E-state index contributed by atoms with van der Waals surface area (Å²) >= 11 is 2.05. The van der Waals surface area contributed by atoms with Gasteiger partial charge in [0.25, 0.3) is 0 Å². The highest BCUT2D eigenvalue weighted by Gasteiger charge is 2.19. The first kappa shape index (κ1) is 15.3. The Balaban J connectivity index is 1.40. The Bertz CT molecular complexity index is 443. The van der Waals surface area contributed by atoms with Crippen molar-refractivity contribution in [1.29, 1.82) is 0 Å². The van der Waals surface area contributed by atoms with Gasteiger partial charge in [-0.2, -0.15) is 11.8 Å². The van der Waals surface area contributed by atoms with Gasteiger partial charge in [-0.3, -0.25) is 0 Å². The van der Waals surface area contributed by atoms with Crippen LogP contribution in [0.4, 0.5) is 0 Å². The highest BCUT2D eigenvalue weighted by atomic mass is 32.2. The van der Waals surface area contributed by atoms with Crippen molar-refractivity contribution in [2.75, 3.05) is 52.1 Å². The van der Waals surface area contributed by atoms with Gasteiger partial charge < -0.3 is 15.1 Å². The number of nitrogens with zero attached hydrogens (tertiary/aromatic N) is 2. The quantitative estimate of drug-likeness (QED) is 0.840. The van der Waals surface area contributed by atoms with Gasteiger partial charge >= 0.3 is 0 Å². The number of fused-ring (bicyclic) bond motifs is 1. The SMILES string of the molecule is CN1CCN(CCCNC2CSCc3ccccc32)CC1. The number of rotatable bonds is 5. The highest BCUT2D eigenvalue weighted by Crippen LogP contribution is 2.31. The van der Waals surface area contributed by atoms with Gasteiger partial charge in [0.15, 0.2) is 0 Å². The summed E-state index contributed by atoms with van der Waals surface area (Å²) < 4.78 is 0. The number of hydrogen-bond donors (Lipinski definition) is 1. The predicted octanol–water partition coefficient (Wildman–Crippen LogP) is 2.20. The van der Waals surface area contributed by atoms with Crippen LogP contribution >= 0.6 is 11.8 Å². The van der Waals surface area contributed by atoms with E-state index in [0.717, 1.165) is 6.54 Å². The second-order valence-corrected chi connectivity index (χ2v) is 7.25. The maximum Gasteiger partial charge on any atom is 0.0415 e. The van der Waals surface area contributed by atoms with Gasteiger partial charge in [-0.15, -0.1) is 0 Å². The average Bonchev–Trinajstić information content (AvgIpc) is 2.53. The molecule has 1 unspecified atom stereocenters. The zero-order valence-corrected chi connectivity index (χ0v) is 13.9. The van der Waals surface area contributed by atoms with E-state index in [-0.39, 0.29) is 0 Å². The third-order valence-corrected chi connectivity index (χ3v) is 5.69. The Morgan fingerprint density at radius 1 is 1.19 bits per heavy atom. The van der Waals surface area contributed by atoms with E-state index in [4.69, 9.17) is 0 Å². The molecule has 0 bridgehead atoms. The summed E-state index contributed by atoms with van der Waals surface area (Å²) in [6, 6.07) is 9.46. The molecule has 3 nitrogen and oxygen atoms in total. The molecule has 2 heterocycles. The summed E-state index contributed by atoms with van der Waals surface area (Å²) in [7, 11) is 2.22. The molecule has 0 spiro atoms. The maximum atomic E-state index is 3.77. The number of hydrogen-bond acceptors (Lipinski definition) is 4. The summed E-state index contributed by atoms with van der Waals surface area (Å²) in [5, 5.41) is 3.77. The van der Waals surface area contributed by atoms with Crippen LogP contribution in [0.1, 0.15) is 23.6 Å². The largest absolute Gasteiger partial charge is 0.309 e. The number of likely N-dealkylation sites (N-methyl/N-ethyl adjacent to an activating group) is 1. The summed E-state index contributed by atoms with van der Waals surface area (Å²) in [4.78, 5) is 5.02. The Hall–Kier alpha value is -0.550. The minimum atomic E-state index is 0.549. The number of nitrogens with one attached hydrogen (secondary N) is 1. The van der Waals surface area contributed by atoms with Gasteiger partial charge in [-0.1, -0.05) is 24.3 Å². The maximum absolute atomic E-state index is 3.77. The molecule has 0 saturated carbocycles. The third-order valence-electron chi connectivity index (χ3n) is 4.61. The van der Waals surface area contributed by atoms with Gasteiger partial charge in [0.2, 0.25) is 0 Å². The molecule has 0 amide bonds. The molecule has 116 valence electrons. The van der Waals surface area contributed by atoms with E-state index in [1.54, 1.807) is 0 Å². The van der Waals surface area contributed by atoms with Crippen LogP contribution in [0.5, 0.6) is 0 Å². The molecule has 21 heavy (non-hydrogen) atoms. The van der Waals surface area contributed by atoms with Crippen LogP contribution in [0, 0.1) is 0 Å². The molecular formula is C17H27N3S. The van der Waals surface area contributed by atoms with Crippen molar-refractivity contribution >= 4 is 11.8 Å². The Kier molecular flexibility index (Phi) is 5.58. The molecule has 3 rings (SSSR count). The van der Waals surface area contributed by atoms with Crippen LogP contribution in [-0.4, -0.2) is 61.9 Å². The first-order chi connectivity index (χ1) is 10.3. The van der Waals surface area contributed by atoms with E-state index >= 15 is 0 Å². The van der Waals surface area contributed by atoms with Crippen LogP contribution in [0.15, 0.2) is 24.3 Å². The fourth-order valence-electron chi connectivity index (χ4n) is 3.20. The van der Waals surface area contributed by atoms with E-state index in [2.05, 4.69) is 58.2 Å². The van der Waals surface area contributed by atoms with Crippen molar-refractivity contribution in [2.24, 2.45) is 0 Å². The Labute approximate surface area is 133 Å². The normalized spacial score (nSPS) is 24.0. The van der Waals surface area contributed by atoms with Crippen molar-refractivity contribution in [3.63, 3.8) is 0 Å². The number of benzene rings is 1. The third kappa shape index (κ3) is 4.22. The molecule has 0 radical (unpaired) electrons. The molecule has 1 aromatic rings. The van der Waals surface area contributed by atoms with E-state index in [0.29, 0.717) is 6.04 Å². The highest BCUT2D eigenvalue weighted by molar-refractivity contribution is 7.98. The van der Waals surface area contributed by atoms with Crippen LogP contribution < -0.4 is 5.32 Å². The first-order valence-corrected chi connectivity index (χ1v) is 9.28. The van der Waals surface area contributed by atoms with Crippen molar-refractivity contribution in [2.45, 2.75) is 18.2 Å². The molecular weight excluding hydrogens is 278 g/mol. The number of thioether (sulfide) groups is 1. The van der Waals surface area contributed by atoms with Crippen LogP contribution in [0.3, 0.4) is 0 Å². The smallest absolute Gasteiger partial charge is 0.0415 e. The van der Waals surface area contributed by atoms with E-state index in [9.17, 15) is 0 Å². The molecule has 2 aliphatic heterocycles. The minimum absolute atomic E-state index is 0.549. The van der Waals surface area contributed by atoms with E-state index in [1.807, 2.05) is 0 Å². The molecule has 0 aliphatic carbocycles. The summed E-state index contributed by atoms with van der Waals surface area (Å²) in [6.07, 6.45) is 1.26. The molecule has 1 N–H and O–H groups in total. The lowest BCUT2D eigenvalue weighted by atomic mass is 10.0. The van der Waals surface area contributed by atoms with Gasteiger partial charge in [-0.05, 0) is 37.7 Å². The van der Waals surface area contributed by atoms with Crippen molar-refractivity contribution < 1.29 is 0 Å². The van der Waals surface area contributed by atoms with Crippen LogP contribution in [-0.2, 0) is 5.75 Å². The van der Waals surface area contributed by atoms with Gasteiger partial charge in [0, 0.05) is 43.7 Å². The van der Waals surface area contributed by atoms with Crippen LogP contribution in [0.2, 0.25) is 0 Å². The second-order valence-electron chi connectivity index (χ2n) is 6.22. The standard InChI is InChI=1S/C17H27N3S/c1-19-9-11-20(12-10-19)8-4-7-18-17-14-21-13-15-5-2-3-6-16(15)17/h2-3,5-6,17-18H,4,7-14H2,1H3. The van der Waals surface area contributed by atoms with E-state index in [1.165, 1.54) is 61.8 Å². The lowest BCUT2D eigenvalue weighted by Crippen LogP contribution is -2.45. The van der Waals surface area contributed by atoms with Crippen molar-refractivity contribution in [3.05, 3.63) is 35.4 Å². The summed E-state index contributed by atoms with van der Waals surface area (Å²) in [5.41, 5.74) is 3.04. The summed E-state index contributed by atoms with van der Waals surface area (Å²) in [5.74, 6) is 2.39. The fraction of sp³-hybridized carbons (Fsp3) is 0.647. The molecule has 0 aromatic heterocycles. The molecule has 1 fully saturated rings. The first-order valence-electron chi connectivity index (χ1n) is 8.13. The fourth-order valence-corrected chi connectivity index (χ4v) is 4.34. The lowest BCUT2D eigenvalue weighted by Gasteiger charge is -2.32. The zero-order valence-electron chi connectivity index (χ0n) is 13.1. The van der Waals surface area contributed by atoms with Crippen molar-refractivity contribution in [3.8, 4) is 0 Å². The molecule has 1 saturated heterocycles. The second kappa shape index (κ2) is 7.63. The topological polar surface area (TPSA) is 18.5 Å². The molecule has 4 heteroatoms. The van der Waals surface area contributed by atoms with E-state index < -0.39 is 0 Å². The molecule has 2 aliphatic rings. The van der Waals surface area contributed by atoms with Crippen LogP contribution in [0.25, 0.3) is 0 Å². The summed E-state index contributed by atoms with van der Waals surface area (Å²) in [6.45, 7) is 7.28.